The van der Waals surface area contributed by atoms with Gasteiger partial charge in [-0.3, -0.25) is 9.89 Å². The summed E-state index contributed by atoms with van der Waals surface area (Å²) in [5, 5.41) is 21.9. The number of carbonyl (C=O) groups excluding carboxylic acids is 1. The van der Waals surface area contributed by atoms with Gasteiger partial charge in [-0.25, -0.2) is 18.7 Å². The lowest BCUT2D eigenvalue weighted by atomic mass is 10.1. The van der Waals surface area contributed by atoms with E-state index in [1.54, 1.807) is 29.4 Å². The normalized spacial score (nSPS) is 16.8. The Hall–Kier alpha value is -4.29. The minimum Gasteiger partial charge on any atom is -0.420 e. The fraction of sp³-hybridized carbons (Fsp3) is 0.348. The average Bonchev–Trinajstić information content (AvgIpc) is 3.63. The van der Waals surface area contributed by atoms with Gasteiger partial charge in [-0.05, 0) is 30.0 Å². The Labute approximate surface area is 203 Å². The monoisotopic (exact) mass is 493 g/mol. The van der Waals surface area contributed by atoms with Crippen molar-refractivity contribution in [2.45, 2.75) is 44.7 Å². The molecule has 36 heavy (non-hydrogen) atoms. The summed E-state index contributed by atoms with van der Waals surface area (Å²) in [5.41, 5.74) is 4.25. The first-order valence-electron chi connectivity index (χ1n) is 11.5. The van der Waals surface area contributed by atoms with E-state index in [-0.39, 0.29) is 35.7 Å². The summed E-state index contributed by atoms with van der Waals surface area (Å²) in [7, 11) is 0. The highest BCUT2D eigenvalue weighted by Gasteiger charge is 2.26. The first kappa shape index (κ1) is 22.2. The van der Waals surface area contributed by atoms with Crippen LogP contribution in [0.4, 0.5) is 14.7 Å². The van der Waals surface area contributed by atoms with Crippen molar-refractivity contribution in [1.82, 2.24) is 40.5 Å². The van der Waals surface area contributed by atoms with Crippen LogP contribution in [0, 0.1) is 0 Å². The van der Waals surface area contributed by atoms with E-state index in [0.717, 1.165) is 22.5 Å². The number of nitrogens with one attached hydrogen (secondary N) is 2. The summed E-state index contributed by atoms with van der Waals surface area (Å²) in [4.78, 5) is 23.0. The molecule has 0 spiro atoms. The molecule has 1 aromatic carbocycles. The number of rotatable bonds is 6. The first-order chi connectivity index (χ1) is 17.5. The molecule has 2 aliphatic rings. The zero-order valence-corrected chi connectivity index (χ0v) is 19.0. The summed E-state index contributed by atoms with van der Waals surface area (Å²) in [5.74, 6) is 0.704. The van der Waals surface area contributed by atoms with Crippen LogP contribution in [-0.2, 0) is 37.0 Å². The summed E-state index contributed by atoms with van der Waals surface area (Å²) < 4.78 is 31.6. The van der Waals surface area contributed by atoms with Crippen LogP contribution in [0.25, 0.3) is 11.5 Å². The number of halogens is 2. The van der Waals surface area contributed by atoms with Gasteiger partial charge in [-0.15, -0.1) is 15.3 Å². The van der Waals surface area contributed by atoms with Crippen LogP contribution in [0.1, 0.15) is 40.4 Å². The molecule has 11 nitrogen and oxygen atoms in total. The Kier molecular flexibility index (Phi) is 5.58. The van der Waals surface area contributed by atoms with Crippen molar-refractivity contribution < 1.29 is 18.0 Å². The maximum atomic E-state index is 13.0. The van der Waals surface area contributed by atoms with Crippen LogP contribution >= 0.6 is 0 Å². The number of amides is 1. The van der Waals surface area contributed by atoms with E-state index in [4.69, 9.17) is 4.42 Å². The molecule has 4 heterocycles. The summed E-state index contributed by atoms with van der Waals surface area (Å²) >= 11 is 0. The van der Waals surface area contributed by atoms with E-state index in [2.05, 4.69) is 40.9 Å². The van der Waals surface area contributed by atoms with Gasteiger partial charge < -0.3 is 14.6 Å². The number of aromatic nitrogens is 7. The van der Waals surface area contributed by atoms with Gasteiger partial charge in [0.1, 0.15) is 12.1 Å². The summed E-state index contributed by atoms with van der Waals surface area (Å²) in [6.07, 6.45) is 2.62. The molecule has 1 aliphatic heterocycles. The predicted molar refractivity (Wildman–Crippen MR) is 121 cm³/mol. The molecular weight excluding hydrogens is 472 g/mol. The molecule has 1 aliphatic carbocycles. The minimum atomic E-state index is -2.48. The topological polar surface area (TPSA) is 139 Å². The number of carbonyl (C=O) groups is 1. The maximum absolute atomic E-state index is 13.0. The molecule has 6 rings (SSSR count). The van der Waals surface area contributed by atoms with Gasteiger partial charge in [0, 0.05) is 37.0 Å². The largest absolute Gasteiger partial charge is 0.420 e. The number of alkyl halides is 2. The second kappa shape index (κ2) is 9.06. The number of H-pyrrole nitrogens is 1. The van der Waals surface area contributed by atoms with Crippen molar-refractivity contribution in [2.75, 3.05) is 11.9 Å². The Balaban J connectivity index is 1.06. The van der Waals surface area contributed by atoms with Gasteiger partial charge in [0.2, 0.25) is 17.7 Å². The van der Waals surface area contributed by atoms with Gasteiger partial charge in [0.25, 0.3) is 12.3 Å². The van der Waals surface area contributed by atoms with Gasteiger partial charge in [0.05, 0.1) is 17.8 Å². The van der Waals surface area contributed by atoms with Crippen LogP contribution in [0.5, 0.6) is 0 Å². The number of hydrogen-bond donors (Lipinski definition) is 2. The van der Waals surface area contributed by atoms with Crippen molar-refractivity contribution >= 4 is 11.9 Å². The lowest BCUT2D eigenvalue weighted by Crippen LogP contribution is -2.37. The highest BCUT2D eigenvalue weighted by molar-refractivity contribution is 5.78. The first-order valence-corrected chi connectivity index (χ1v) is 11.5. The second-order valence-electron chi connectivity index (χ2n) is 8.85. The van der Waals surface area contributed by atoms with Crippen LogP contribution in [0.2, 0.25) is 0 Å². The molecule has 0 fully saturated rings. The molecule has 0 saturated carbocycles. The third kappa shape index (κ3) is 4.39. The number of aromatic amines is 1. The van der Waals surface area contributed by atoms with Crippen molar-refractivity contribution in [3.05, 3.63) is 64.6 Å². The Bertz CT molecular complexity index is 1400. The van der Waals surface area contributed by atoms with Crippen molar-refractivity contribution in [2.24, 2.45) is 0 Å². The predicted octanol–water partition coefficient (Wildman–Crippen LogP) is 2.29. The molecule has 0 unspecified atom stereocenters. The lowest BCUT2D eigenvalue weighted by Gasteiger charge is -2.25. The number of nitrogens with zero attached hydrogens (tertiary/aromatic N) is 7. The van der Waals surface area contributed by atoms with Gasteiger partial charge >= 0.3 is 0 Å². The molecule has 1 atom stereocenters. The minimum absolute atomic E-state index is 0.0166. The van der Waals surface area contributed by atoms with Crippen molar-refractivity contribution in [3.8, 4) is 11.5 Å². The van der Waals surface area contributed by atoms with E-state index >= 15 is 0 Å². The van der Waals surface area contributed by atoms with Crippen LogP contribution in [0.15, 0.2) is 35.0 Å². The molecule has 0 saturated heterocycles. The maximum Gasteiger partial charge on any atom is 0.263 e. The SMILES string of the molecule is O=C(Cc1nnc(-c2cnc(N[C@H]3Cc4ccc(C(F)F)cc4C3)nc2)o1)N1CCc2[nH]nnc2C1. The fourth-order valence-electron chi connectivity index (χ4n) is 4.57. The number of anilines is 1. The Morgan fingerprint density at radius 2 is 2.00 bits per heavy atom. The van der Waals surface area contributed by atoms with Crippen LogP contribution < -0.4 is 5.32 Å². The molecule has 184 valence electrons. The number of fused-ring (bicyclic) bond motifs is 2. The zero-order chi connectivity index (χ0) is 24.6. The molecular formula is C23H21F2N9O2. The number of hydrogen-bond acceptors (Lipinski definition) is 9. The molecule has 13 heteroatoms. The smallest absolute Gasteiger partial charge is 0.263 e. The zero-order valence-electron chi connectivity index (χ0n) is 19.0. The van der Waals surface area contributed by atoms with E-state index in [0.29, 0.717) is 43.9 Å². The Morgan fingerprint density at radius 1 is 1.17 bits per heavy atom. The third-order valence-electron chi connectivity index (χ3n) is 6.45. The highest BCUT2D eigenvalue weighted by atomic mass is 19.3. The molecule has 1 amide bonds. The van der Waals surface area contributed by atoms with Gasteiger partial charge in [0.15, 0.2) is 0 Å². The quantitative estimate of drug-likeness (QED) is 0.414. The van der Waals surface area contributed by atoms with Crippen molar-refractivity contribution in [3.63, 3.8) is 0 Å². The Morgan fingerprint density at radius 3 is 2.83 bits per heavy atom. The van der Waals surface area contributed by atoms with Crippen molar-refractivity contribution in [1.29, 1.82) is 0 Å². The van der Waals surface area contributed by atoms with Gasteiger partial charge in [-0.1, -0.05) is 17.3 Å². The van der Waals surface area contributed by atoms with E-state index in [9.17, 15) is 13.6 Å². The molecule has 0 radical (unpaired) electrons. The van der Waals surface area contributed by atoms with Gasteiger partial charge in [-0.2, -0.15) is 0 Å². The second-order valence-corrected chi connectivity index (χ2v) is 8.85. The third-order valence-corrected chi connectivity index (χ3v) is 6.45. The molecule has 2 N–H and O–H groups in total. The summed E-state index contributed by atoms with van der Waals surface area (Å²) in [6.45, 7) is 0.964. The van der Waals surface area contributed by atoms with E-state index < -0.39 is 6.43 Å². The molecule has 4 aromatic rings. The molecule has 3 aromatic heterocycles. The fourth-order valence-corrected chi connectivity index (χ4v) is 4.57. The summed E-state index contributed by atoms with van der Waals surface area (Å²) in [6, 6.07) is 4.82. The van der Waals surface area contributed by atoms with E-state index in [1.165, 1.54) is 6.07 Å². The lowest BCUT2D eigenvalue weighted by molar-refractivity contribution is -0.131. The van der Waals surface area contributed by atoms with Crippen LogP contribution in [0.3, 0.4) is 0 Å². The van der Waals surface area contributed by atoms with Crippen LogP contribution in [-0.4, -0.2) is 59.0 Å². The average molecular weight is 493 g/mol. The standard InChI is InChI=1S/C23H21F2N9O2/c24-21(25)13-2-1-12-6-16(7-14(12)5-13)28-23-26-9-15(10-27-23)22-32-31-19(36-22)8-20(35)34-4-3-17-18(11-34)30-33-29-17/h1-2,5,9-10,16,21H,3-4,6-8,11H2,(H,26,27,28)(H,29,30,33)/t16-/m0/s1. The molecule has 0 bridgehead atoms. The van der Waals surface area contributed by atoms with E-state index in [1.807, 2.05) is 0 Å². The highest BCUT2D eigenvalue weighted by Crippen LogP contribution is 2.29. The number of benzene rings is 1.